The minimum atomic E-state index is 0.106. The molecule has 20 heavy (non-hydrogen) atoms. The number of fused-ring (bicyclic) bond motifs is 1. The molecule has 1 heterocycles. The highest BCUT2D eigenvalue weighted by atomic mass is 16.5. The van der Waals surface area contributed by atoms with Gasteiger partial charge in [0.25, 0.3) is 0 Å². The molecule has 104 valence electrons. The van der Waals surface area contributed by atoms with Gasteiger partial charge in [-0.15, -0.1) is 0 Å². The molecule has 2 aromatic rings. The Morgan fingerprint density at radius 2 is 1.80 bits per heavy atom. The van der Waals surface area contributed by atoms with Crippen LogP contribution in [0.3, 0.4) is 0 Å². The molecule has 2 fully saturated rings. The van der Waals surface area contributed by atoms with Crippen LogP contribution >= 0.6 is 0 Å². The Labute approximate surface area is 120 Å². The van der Waals surface area contributed by atoms with Crippen LogP contribution in [0.1, 0.15) is 37.4 Å². The van der Waals surface area contributed by atoms with Crippen LogP contribution in [0.15, 0.2) is 42.5 Å². The molecule has 1 aliphatic carbocycles. The first-order valence-electron chi connectivity index (χ1n) is 7.72. The Hall–Kier alpha value is -1.38. The van der Waals surface area contributed by atoms with Gasteiger partial charge in [0.1, 0.15) is 0 Å². The molecule has 1 N–H and O–H groups in total. The van der Waals surface area contributed by atoms with Crippen LogP contribution in [0.4, 0.5) is 0 Å². The van der Waals surface area contributed by atoms with Gasteiger partial charge in [-0.25, -0.2) is 0 Å². The largest absolute Gasteiger partial charge is 0.364 e. The average Bonchev–Trinajstić information content (AvgIpc) is 2.94. The monoisotopic (exact) mass is 267 g/mol. The summed E-state index contributed by atoms with van der Waals surface area (Å²) in [6, 6.07) is 15.3. The van der Waals surface area contributed by atoms with Crippen molar-refractivity contribution in [3.8, 4) is 0 Å². The first-order chi connectivity index (χ1) is 9.85. The van der Waals surface area contributed by atoms with Gasteiger partial charge in [0.15, 0.2) is 0 Å². The second kappa shape index (κ2) is 4.87. The summed E-state index contributed by atoms with van der Waals surface area (Å²) in [5, 5.41) is 6.20. The fourth-order valence-corrected chi connectivity index (χ4v) is 3.72. The fraction of sp³-hybridized carbons (Fsp3) is 0.444. The third-order valence-electron chi connectivity index (χ3n) is 4.83. The Morgan fingerprint density at radius 1 is 1.00 bits per heavy atom. The van der Waals surface area contributed by atoms with Crippen molar-refractivity contribution in [3.63, 3.8) is 0 Å². The van der Waals surface area contributed by atoms with Crippen molar-refractivity contribution in [2.24, 2.45) is 0 Å². The standard InChI is InChI=1S/C18H21NO/c1-2-6-15-11-16(8-7-14(15)5-1)17-12-19-13-18(20-17)9-3-4-10-18/h1-2,5-8,11,17,19H,3-4,9-10,12-13H2. The van der Waals surface area contributed by atoms with E-state index in [4.69, 9.17) is 4.74 Å². The van der Waals surface area contributed by atoms with Gasteiger partial charge in [0.05, 0.1) is 11.7 Å². The van der Waals surface area contributed by atoms with Crippen molar-refractivity contribution >= 4 is 10.8 Å². The highest BCUT2D eigenvalue weighted by Crippen LogP contribution is 2.39. The lowest BCUT2D eigenvalue weighted by Gasteiger charge is -2.39. The van der Waals surface area contributed by atoms with E-state index in [0.29, 0.717) is 0 Å². The van der Waals surface area contributed by atoms with Crippen molar-refractivity contribution < 1.29 is 4.74 Å². The molecule has 1 spiro atoms. The summed E-state index contributed by atoms with van der Waals surface area (Å²) in [4.78, 5) is 0. The fourth-order valence-electron chi connectivity index (χ4n) is 3.72. The molecular formula is C18H21NO. The Bertz CT molecular complexity index is 616. The topological polar surface area (TPSA) is 21.3 Å². The smallest absolute Gasteiger partial charge is 0.0957 e. The highest BCUT2D eigenvalue weighted by Gasteiger charge is 2.39. The lowest BCUT2D eigenvalue weighted by molar-refractivity contribution is -0.114. The summed E-state index contributed by atoms with van der Waals surface area (Å²) in [6.45, 7) is 1.96. The maximum absolute atomic E-state index is 6.51. The quantitative estimate of drug-likeness (QED) is 0.848. The molecule has 1 saturated heterocycles. The van der Waals surface area contributed by atoms with Gasteiger partial charge < -0.3 is 10.1 Å². The van der Waals surface area contributed by atoms with Crippen LogP contribution in [0.5, 0.6) is 0 Å². The summed E-state index contributed by atoms with van der Waals surface area (Å²) >= 11 is 0. The summed E-state index contributed by atoms with van der Waals surface area (Å²) in [7, 11) is 0. The van der Waals surface area contributed by atoms with Gasteiger partial charge in [-0.2, -0.15) is 0 Å². The number of hydrogen-bond donors (Lipinski definition) is 1. The second-order valence-corrected chi connectivity index (χ2v) is 6.23. The van der Waals surface area contributed by atoms with Crippen LogP contribution in [-0.4, -0.2) is 18.7 Å². The van der Waals surface area contributed by atoms with E-state index in [1.54, 1.807) is 0 Å². The zero-order valence-corrected chi connectivity index (χ0v) is 11.8. The lowest BCUT2D eigenvalue weighted by atomic mass is 9.96. The molecule has 1 unspecified atom stereocenters. The molecule has 1 atom stereocenters. The van der Waals surface area contributed by atoms with E-state index in [9.17, 15) is 0 Å². The first-order valence-corrected chi connectivity index (χ1v) is 7.72. The summed E-state index contributed by atoms with van der Waals surface area (Å²) in [6.07, 6.45) is 5.25. The molecule has 0 amide bonds. The van der Waals surface area contributed by atoms with Crippen molar-refractivity contribution in [3.05, 3.63) is 48.0 Å². The number of ether oxygens (including phenoxy) is 1. The third-order valence-corrected chi connectivity index (χ3v) is 4.83. The first kappa shape index (κ1) is 12.4. The van der Waals surface area contributed by atoms with Gasteiger partial charge in [-0.1, -0.05) is 49.2 Å². The van der Waals surface area contributed by atoms with E-state index < -0.39 is 0 Å². The van der Waals surface area contributed by atoms with Crippen LogP contribution in [0, 0.1) is 0 Å². The van der Waals surface area contributed by atoms with Crippen LogP contribution in [0.25, 0.3) is 10.8 Å². The molecule has 4 rings (SSSR count). The van der Waals surface area contributed by atoms with Crippen LogP contribution < -0.4 is 5.32 Å². The van der Waals surface area contributed by atoms with Crippen molar-refractivity contribution in [1.82, 2.24) is 5.32 Å². The summed E-state index contributed by atoms with van der Waals surface area (Å²) < 4.78 is 6.51. The molecule has 2 heteroatoms. The minimum Gasteiger partial charge on any atom is -0.364 e. The Morgan fingerprint density at radius 3 is 2.65 bits per heavy atom. The number of morpholine rings is 1. The number of benzene rings is 2. The SMILES string of the molecule is c1ccc2cc(C3CNCC4(CCCC4)O3)ccc2c1. The Balaban J connectivity index is 1.64. The van der Waals surface area contributed by atoms with E-state index in [1.807, 2.05) is 0 Å². The molecular weight excluding hydrogens is 246 g/mol. The number of nitrogens with one attached hydrogen (secondary N) is 1. The Kier molecular flexibility index (Phi) is 3.01. The molecule has 1 aliphatic heterocycles. The van der Waals surface area contributed by atoms with Gasteiger partial charge in [0, 0.05) is 13.1 Å². The van der Waals surface area contributed by atoms with E-state index in [0.717, 1.165) is 13.1 Å². The molecule has 0 aromatic heterocycles. The maximum atomic E-state index is 6.51. The predicted octanol–water partition coefficient (Wildman–Crippen LogP) is 3.81. The highest BCUT2D eigenvalue weighted by molar-refractivity contribution is 5.83. The lowest BCUT2D eigenvalue weighted by Crippen LogP contribution is -2.49. The van der Waals surface area contributed by atoms with Crippen LogP contribution in [-0.2, 0) is 4.74 Å². The third kappa shape index (κ3) is 2.13. The van der Waals surface area contributed by atoms with Gasteiger partial charge in [-0.3, -0.25) is 0 Å². The number of hydrogen-bond acceptors (Lipinski definition) is 2. The van der Waals surface area contributed by atoms with Crippen molar-refractivity contribution in [1.29, 1.82) is 0 Å². The van der Waals surface area contributed by atoms with E-state index in [-0.39, 0.29) is 11.7 Å². The molecule has 2 aliphatic rings. The van der Waals surface area contributed by atoms with Crippen molar-refractivity contribution in [2.45, 2.75) is 37.4 Å². The van der Waals surface area contributed by atoms with E-state index in [1.165, 1.54) is 42.0 Å². The molecule has 2 aromatic carbocycles. The average molecular weight is 267 g/mol. The minimum absolute atomic E-state index is 0.106. The summed E-state index contributed by atoms with van der Waals surface area (Å²) in [5.41, 5.74) is 1.41. The van der Waals surface area contributed by atoms with Crippen LogP contribution in [0.2, 0.25) is 0 Å². The molecule has 0 radical (unpaired) electrons. The van der Waals surface area contributed by atoms with Gasteiger partial charge >= 0.3 is 0 Å². The zero-order chi connectivity index (χ0) is 13.4. The zero-order valence-electron chi connectivity index (χ0n) is 11.8. The van der Waals surface area contributed by atoms with Gasteiger partial charge in [0.2, 0.25) is 0 Å². The summed E-state index contributed by atoms with van der Waals surface area (Å²) in [5.74, 6) is 0. The van der Waals surface area contributed by atoms with E-state index >= 15 is 0 Å². The second-order valence-electron chi connectivity index (χ2n) is 6.23. The maximum Gasteiger partial charge on any atom is 0.0957 e. The molecule has 2 nitrogen and oxygen atoms in total. The van der Waals surface area contributed by atoms with Crippen molar-refractivity contribution in [2.75, 3.05) is 13.1 Å². The molecule has 0 bridgehead atoms. The predicted molar refractivity (Wildman–Crippen MR) is 81.8 cm³/mol. The van der Waals surface area contributed by atoms with E-state index in [2.05, 4.69) is 47.8 Å². The van der Waals surface area contributed by atoms with Gasteiger partial charge in [-0.05, 0) is 35.2 Å². The molecule has 1 saturated carbocycles. The normalized spacial score (nSPS) is 25.3. The number of rotatable bonds is 1.